The molecule has 1 N–H and O–H groups in total. The summed E-state index contributed by atoms with van der Waals surface area (Å²) in [5, 5.41) is 12.8. The first kappa shape index (κ1) is 13.3. The largest absolute Gasteiger partial charge is 0.290 e. The fourth-order valence-electron chi connectivity index (χ4n) is 2.33. The lowest BCUT2D eigenvalue weighted by Crippen LogP contribution is -2.39. The van der Waals surface area contributed by atoms with Gasteiger partial charge in [-0.15, -0.1) is 0 Å². The highest BCUT2D eigenvalue weighted by Crippen LogP contribution is 2.21. The van der Waals surface area contributed by atoms with E-state index < -0.39 is 0 Å². The second-order valence-electron chi connectivity index (χ2n) is 4.74. The molecule has 0 aromatic heterocycles. The van der Waals surface area contributed by atoms with Crippen LogP contribution in [0.1, 0.15) is 12.5 Å². The number of carbonyl (C=O) groups excluding carboxylic acids is 1. The van der Waals surface area contributed by atoms with Crippen molar-refractivity contribution in [1.82, 2.24) is 5.06 Å². The van der Waals surface area contributed by atoms with Gasteiger partial charge in [-0.1, -0.05) is 36.9 Å². The maximum atomic E-state index is 11.3. The number of hydrogen-bond donors (Lipinski definition) is 1. The van der Waals surface area contributed by atoms with Crippen LogP contribution in [0.2, 0.25) is 0 Å². The van der Waals surface area contributed by atoms with Crippen LogP contribution in [0.15, 0.2) is 53.6 Å². The van der Waals surface area contributed by atoms with Gasteiger partial charge >= 0.3 is 0 Å². The van der Waals surface area contributed by atoms with Crippen LogP contribution in [0.25, 0.3) is 18.0 Å². The van der Waals surface area contributed by atoms with Crippen LogP contribution < -0.4 is 10.4 Å². The zero-order valence-corrected chi connectivity index (χ0v) is 11.6. The normalized spacial score (nSPS) is 19.5. The molecule has 0 unspecified atom stereocenters. The van der Waals surface area contributed by atoms with Gasteiger partial charge in [0.2, 0.25) is 0 Å². The highest BCUT2D eigenvalue weighted by molar-refractivity contribution is 6.16. The summed E-state index contributed by atoms with van der Waals surface area (Å²) < 4.78 is 0. The van der Waals surface area contributed by atoms with E-state index in [1.165, 1.54) is 6.08 Å². The van der Waals surface area contributed by atoms with E-state index in [2.05, 4.69) is 11.6 Å². The van der Waals surface area contributed by atoms with Gasteiger partial charge in [-0.25, -0.2) is 4.99 Å². The summed E-state index contributed by atoms with van der Waals surface area (Å²) >= 11 is 0. The van der Waals surface area contributed by atoms with Crippen molar-refractivity contribution in [3.63, 3.8) is 0 Å². The van der Waals surface area contributed by atoms with Crippen molar-refractivity contribution in [2.75, 3.05) is 0 Å². The van der Waals surface area contributed by atoms with Crippen LogP contribution in [0.3, 0.4) is 0 Å². The molecular weight excluding hydrogens is 264 g/mol. The van der Waals surface area contributed by atoms with Crippen LogP contribution in [0, 0.1) is 0 Å². The minimum Gasteiger partial charge on any atom is -0.290 e. The molecule has 1 aliphatic carbocycles. The Bertz CT molecular complexity index is 857. The highest BCUT2D eigenvalue weighted by Gasteiger charge is 2.26. The molecule has 1 aromatic carbocycles. The maximum absolute atomic E-state index is 11.3. The number of allylic oxidation sites excluding steroid dienone is 2. The molecule has 104 valence electrons. The molecule has 0 atom stereocenters. The quantitative estimate of drug-likeness (QED) is 0.831. The van der Waals surface area contributed by atoms with Gasteiger partial charge in [-0.05, 0) is 35.9 Å². The third-order valence-corrected chi connectivity index (χ3v) is 3.47. The molecular formula is C17H14N2O2. The minimum absolute atomic E-state index is 0.0145. The summed E-state index contributed by atoms with van der Waals surface area (Å²) in [5.74, 6) is 0.955. The van der Waals surface area contributed by atoms with Gasteiger partial charge in [0.15, 0.2) is 17.4 Å². The minimum atomic E-state index is -0.0145. The molecule has 1 heterocycles. The number of nitrogens with zero attached hydrogens (tertiary/aromatic N) is 2. The maximum Gasteiger partial charge on any atom is 0.179 e. The molecule has 0 bridgehead atoms. The predicted octanol–water partition coefficient (Wildman–Crippen LogP) is 1.36. The van der Waals surface area contributed by atoms with Gasteiger partial charge in [-0.2, -0.15) is 5.06 Å². The summed E-state index contributed by atoms with van der Waals surface area (Å²) in [7, 11) is 0. The van der Waals surface area contributed by atoms with Crippen LogP contribution in [0.5, 0.6) is 0 Å². The van der Waals surface area contributed by atoms with Gasteiger partial charge in [-0.3, -0.25) is 10.0 Å². The molecule has 0 spiro atoms. The number of ketones is 1. The standard InChI is InChI=1S/C17H14N2O2/c1-3-11(4-2)16-18-17(19(16)21)14-6-5-13-10-15(20)8-7-12(13)9-14/h3-10,21H,1H2,2H3/b11-4+,17-14?. The monoisotopic (exact) mass is 278 g/mol. The van der Waals surface area contributed by atoms with Crippen molar-refractivity contribution in [2.24, 2.45) is 4.99 Å². The number of carbonyl (C=O) groups is 1. The molecule has 21 heavy (non-hydrogen) atoms. The lowest BCUT2D eigenvalue weighted by atomic mass is 10.0. The van der Waals surface area contributed by atoms with E-state index in [0.29, 0.717) is 11.7 Å². The Hall–Kier alpha value is -2.72. The molecule has 4 heteroatoms. The molecule has 1 aromatic rings. The van der Waals surface area contributed by atoms with Gasteiger partial charge < -0.3 is 0 Å². The summed E-state index contributed by atoms with van der Waals surface area (Å²) in [5.41, 5.74) is 1.71. The molecule has 2 aliphatic rings. The van der Waals surface area contributed by atoms with Crippen LogP contribution in [-0.2, 0) is 4.79 Å². The zero-order valence-electron chi connectivity index (χ0n) is 11.6. The van der Waals surface area contributed by atoms with Gasteiger partial charge in [0.1, 0.15) is 0 Å². The van der Waals surface area contributed by atoms with Gasteiger partial charge in [0.25, 0.3) is 0 Å². The summed E-state index contributed by atoms with van der Waals surface area (Å²) in [6, 6.07) is 5.59. The first-order valence-electron chi connectivity index (χ1n) is 6.59. The van der Waals surface area contributed by atoms with Crippen LogP contribution in [-0.4, -0.2) is 21.9 Å². The van der Waals surface area contributed by atoms with E-state index in [0.717, 1.165) is 26.6 Å². The first-order chi connectivity index (χ1) is 10.1. The smallest absolute Gasteiger partial charge is 0.179 e. The van der Waals surface area contributed by atoms with E-state index in [9.17, 15) is 10.0 Å². The lowest BCUT2D eigenvalue weighted by Gasteiger charge is -2.28. The van der Waals surface area contributed by atoms with Crippen molar-refractivity contribution in [3.05, 3.63) is 64.6 Å². The number of fused-ring (bicyclic) bond motifs is 1. The third-order valence-electron chi connectivity index (χ3n) is 3.47. The molecule has 0 amide bonds. The summed E-state index contributed by atoms with van der Waals surface area (Å²) in [6.45, 7) is 5.55. The van der Waals surface area contributed by atoms with E-state index >= 15 is 0 Å². The average molecular weight is 278 g/mol. The molecule has 0 fully saturated rings. The number of benzene rings is 1. The average Bonchev–Trinajstić information content (AvgIpc) is 2.50. The van der Waals surface area contributed by atoms with Gasteiger partial charge in [0.05, 0.1) is 0 Å². The Balaban J connectivity index is 2.11. The Morgan fingerprint density at radius 1 is 1.38 bits per heavy atom. The molecule has 0 saturated heterocycles. The van der Waals surface area contributed by atoms with E-state index in [4.69, 9.17) is 0 Å². The second kappa shape index (κ2) is 5.00. The number of hydrogen-bond acceptors (Lipinski definition) is 4. The highest BCUT2D eigenvalue weighted by atomic mass is 16.5. The third kappa shape index (κ3) is 2.15. The first-order valence-corrected chi connectivity index (χ1v) is 6.59. The SMILES string of the molecule is C=C/C(=C\C)C1=NC(=c2ccc3c(c2)C=CC(=O)C=3)N1O. The van der Waals surface area contributed by atoms with Crippen LogP contribution >= 0.6 is 0 Å². The number of amidine groups is 1. The summed E-state index contributed by atoms with van der Waals surface area (Å²) in [6.07, 6.45) is 8.37. The predicted molar refractivity (Wildman–Crippen MR) is 82.6 cm³/mol. The summed E-state index contributed by atoms with van der Waals surface area (Å²) in [4.78, 5) is 15.7. The van der Waals surface area contributed by atoms with Crippen molar-refractivity contribution in [3.8, 4) is 0 Å². The molecule has 0 saturated carbocycles. The van der Waals surface area contributed by atoms with E-state index in [1.54, 1.807) is 18.2 Å². The Morgan fingerprint density at radius 3 is 2.86 bits per heavy atom. The molecule has 0 radical (unpaired) electrons. The topological polar surface area (TPSA) is 52.9 Å². The molecule has 4 nitrogen and oxygen atoms in total. The molecule has 3 rings (SSSR count). The second-order valence-corrected chi connectivity index (χ2v) is 4.74. The van der Waals surface area contributed by atoms with Crippen molar-refractivity contribution < 1.29 is 10.0 Å². The zero-order chi connectivity index (χ0) is 15.0. The van der Waals surface area contributed by atoms with Crippen molar-refractivity contribution in [2.45, 2.75) is 6.92 Å². The number of rotatable bonds is 2. The lowest BCUT2D eigenvalue weighted by molar-refractivity contribution is -0.109. The van der Waals surface area contributed by atoms with Gasteiger partial charge in [0, 0.05) is 10.8 Å². The fraction of sp³-hybridized carbons (Fsp3) is 0.0588. The number of aliphatic imine (C=N–C) groups is 1. The molecule has 1 aliphatic heterocycles. The number of hydroxylamine groups is 2. The van der Waals surface area contributed by atoms with Crippen LogP contribution in [0.4, 0.5) is 0 Å². The van der Waals surface area contributed by atoms with Crippen molar-refractivity contribution in [1.29, 1.82) is 0 Å². The Labute approximate surface area is 122 Å². The van der Waals surface area contributed by atoms with E-state index in [1.807, 2.05) is 31.2 Å². The van der Waals surface area contributed by atoms with E-state index in [-0.39, 0.29) is 5.78 Å². The fourth-order valence-corrected chi connectivity index (χ4v) is 2.33. The Morgan fingerprint density at radius 2 is 2.19 bits per heavy atom. The Kier molecular flexibility index (Phi) is 3.16. The van der Waals surface area contributed by atoms with Crippen molar-refractivity contribution >= 4 is 29.6 Å².